The van der Waals surface area contributed by atoms with Gasteiger partial charge in [0, 0.05) is 11.3 Å². The largest absolute Gasteiger partial charge is 0.497 e. The summed E-state index contributed by atoms with van der Waals surface area (Å²) in [5, 5.41) is 13.3. The van der Waals surface area contributed by atoms with E-state index in [1.54, 1.807) is 68.6 Å². The van der Waals surface area contributed by atoms with E-state index in [4.69, 9.17) is 9.47 Å². The highest BCUT2D eigenvalue weighted by Gasteiger charge is 2.33. The number of hydrogen-bond donors (Lipinski definition) is 2. The number of rotatable bonds is 8. The molecule has 0 fully saturated rings. The maximum atomic E-state index is 12.5. The first-order chi connectivity index (χ1) is 12.1. The second-order valence-corrected chi connectivity index (χ2v) is 5.28. The molecule has 6 heteroatoms. The number of carbonyl (C=O) groups is 2. The Morgan fingerprint density at radius 1 is 1.08 bits per heavy atom. The van der Waals surface area contributed by atoms with E-state index in [-0.39, 0.29) is 6.61 Å². The van der Waals surface area contributed by atoms with E-state index in [1.165, 1.54) is 0 Å². The Morgan fingerprint density at radius 2 is 1.72 bits per heavy atom. The molecule has 0 spiro atoms. The number of aliphatic hydroxyl groups excluding tert-OH is 1. The van der Waals surface area contributed by atoms with Crippen LogP contribution in [0, 0.1) is 0 Å². The third-order valence-electron chi connectivity index (χ3n) is 3.60. The van der Waals surface area contributed by atoms with Gasteiger partial charge in [0.15, 0.2) is 11.8 Å². The van der Waals surface area contributed by atoms with Crippen LogP contribution >= 0.6 is 0 Å². The Hall–Kier alpha value is -2.86. The molecular formula is C19H21NO5. The first-order valence-electron chi connectivity index (χ1n) is 7.91. The third-order valence-corrected chi connectivity index (χ3v) is 3.60. The summed E-state index contributed by atoms with van der Waals surface area (Å²) in [4.78, 5) is 24.7. The molecule has 25 heavy (non-hydrogen) atoms. The number of anilines is 1. The van der Waals surface area contributed by atoms with Crippen molar-refractivity contribution in [1.82, 2.24) is 0 Å². The summed E-state index contributed by atoms with van der Waals surface area (Å²) in [7, 11) is 1.55. The van der Waals surface area contributed by atoms with E-state index in [2.05, 4.69) is 5.32 Å². The summed E-state index contributed by atoms with van der Waals surface area (Å²) in [6.45, 7) is 1.81. The van der Waals surface area contributed by atoms with Gasteiger partial charge in [-0.25, -0.2) is 4.79 Å². The molecule has 0 aliphatic carbocycles. The molecule has 2 rings (SSSR count). The highest BCUT2D eigenvalue weighted by Crippen LogP contribution is 2.18. The average molecular weight is 343 g/mol. The number of benzene rings is 2. The summed E-state index contributed by atoms with van der Waals surface area (Å²) >= 11 is 0. The highest BCUT2D eigenvalue weighted by molar-refractivity contribution is 6.03. The van der Waals surface area contributed by atoms with E-state index < -0.39 is 23.9 Å². The van der Waals surface area contributed by atoms with Crippen molar-refractivity contribution >= 4 is 17.4 Å². The minimum Gasteiger partial charge on any atom is -0.497 e. The lowest BCUT2D eigenvalue weighted by Gasteiger charge is -2.22. The van der Waals surface area contributed by atoms with Gasteiger partial charge in [-0.3, -0.25) is 4.79 Å². The van der Waals surface area contributed by atoms with Gasteiger partial charge in [0.05, 0.1) is 13.7 Å². The number of nitrogens with one attached hydrogen (secondary N) is 1. The Kier molecular flexibility index (Phi) is 6.54. The van der Waals surface area contributed by atoms with Crippen LogP contribution < -0.4 is 10.1 Å². The van der Waals surface area contributed by atoms with Crippen LogP contribution in [0.3, 0.4) is 0 Å². The molecule has 2 atom stereocenters. The minimum absolute atomic E-state index is 0.145. The summed E-state index contributed by atoms with van der Waals surface area (Å²) in [5.74, 6) is -0.603. The Morgan fingerprint density at radius 3 is 2.28 bits per heavy atom. The number of ether oxygens (including phenoxy) is 2. The molecule has 0 saturated heterocycles. The first kappa shape index (κ1) is 18.5. The van der Waals surface area contributed by atoms with Crippen molar-refractivity contribution in [2.75, 3.05) is 19.0 Å². The summed E-state index contributed by atoms with van der Waals surface area (Å²) in [5.41, 5.74) is 0.875. The van der Waals surface area contributed by atoms with Crippen molar-refractivity contribution in [2.24, 2.45) is 0 Å². The number of aliphatic hydroxyl groups is 1. The maximum absolute atomic E-state index is 12.5. The second-order valence-electron chi connectivity index (χ2n) is 5.28. The fraction of sp³-hybridized carbons (Fsp3) is 0.263. The zero-order valence-electron chi connectivity index (χ0n) is 14.1. The summed E-state index contributed by atoms with van der Waals surface area (Å²) in [6.07, 6.45) is -1.58. The van der Waals surface area contributed by atoms with Crippen LogP contribution in [0.25, 0.3) is 0 Å². The van der Waals surface area contributed by atoms with Crippen LogP contribution in [0.2, 0.25) is 0 Å². The Balaban J connectivity index is 2.22. The smallest absolute Gasteiger partial charge is 0.331 e. The topological polar surface area (TPSA) is 84.9 Å². The van der Waals surface area contributed by atoms with Gasteiger partial charge >= 0.3 is 5.97 Å². The van der Waals surface area contributed by atoms with E-state index in [9.17, 15) is 14.7 Å². The highest BCUT2D eigenvalue weighted by atomic mass is 16.5. The van der Waals surface area contributed by atoms with Gasteiger partial charge in [-0.05, 0) is 31.2 Å². The van der Waals surface area contributed by atoms with E-state index in [0.29, 0.717) is 17.0 Å². The molecule has 0 amide bonds. The quantitative estimate of drug-likeness (QED) is 0.565. The van der Waals surface area contributed by atoms with Crippen LogP contribution in [0.1, 0.15) is 17.3 Å². The van der Waals surface area contributed by atoms with Gasteiger partial charge in [-0.15, -0.1) is 0 Å². The predicted octanol–water partition coefficient (Wildman–Crippen LogP) is 2.28. The van der Waals surface area contributed by atoms with Crippen molar-refractivity contribution in [3.63, 3.8) is 0 Å². The summed E-state index contributed by atoms with van der Waals surface area (Å²) < 4.78 is 10.1. The van der Waals surface area contributed by atoms with Gasteiger partial charge in [0.2, 0.25) is 0 Å². The lowest BCUT2D eigenvalue weighted by Crippen LogP contribution is -2.46. The van der Waals surface area contributed by atoms with E-state index in [1.807, 2.05) is 0 Å². The average Bonchev–Trinajstić information content (AvgIpc) is 2.66. The van der Waals surface area contributed by atoms with Crippen LogP contribution in [0.5, 0.6) is 5.75 Å². The Labute approximate surface area is 146 Å². The lowest BCUT2D eigenvalue weighted by molar-refractivity contribution is -0.145. The predicted molar refractivity (Wildman–Crippen MR) is 93.8 cm³/mol. The fourth-order valence-corrected chi connectivity index (χ4v) is 2.29. The molecule has 6 nitrogen and oxygen atoms in total. The van der Waals surface area contributed by atoms with Crippen LogP contribution in [0.4, 0.5) is 5.69 Å². The van der Waals surface area contributed by atoms with Gasteiger partial charge in [0.25, 0.3) is 0 Å². The summed E-state index contributed by atoms with van der Waals surface area (Å²) in [6, 6.07) is 13.9. The lowest BCUT2D eigenvalue weighted by atomic mass is 10.00. The molecule has 2 aromatic carbocycles. The number of carbonyl (C=O) groups excluding carboxylic acids is 2. The van der Waals surface area contributed by atoms with Crippen molar-refractivity contribution in [2.45, 2.75) is 19.1 Å². The monoisotopic (exact) mass is 343 g/mol. The SMILES string of the molecule is CCOC(=O)[C@H](Nc1ccc(OC)cc1)[C@@H](O)C(=O)c1ccccc1. The van der Waals surface area contributed by atoms with Crippen LogP contribution in [-0.4, -0.2) is 42.7 Å². The fourth-order valence-electron chi connectivity index (χ4n) is 2.29. The maximum Gasteiger partial charge on any atom is 0.331 e. The molecular weight excluding hydrogens is 322 g/mol. The number of esters is 1. The zero-order valence-corrected chi connectivity index (χ0v) is 14.1. The van der Waals surface area contributed by atoms with Crippen molar-refractivity contribution < 1.29 is 24.2 Å². The molecule has 132 valence electrons. The first-order valence-corrected chi connectivity index (χ1v) is 7.91. The zero-order chi connectivity index (χ0) is 18.2. The van der Waals surface area contributed by atoms with Crippen molar-refractivity contribution in [1.29, 1.82) is 0 Å². The molecule has 2 N–H and O–H groups in total. The molecule has 0 aliphatic heterocycles. The van der Waals surface area contributed by atoms with Gasteiger partial charge < -0.3 is 19.9 Å². The Bertz CT molecular complexity index is 700. The molecule has 0 aromatic heterocycles. The molecule has 0 radical (unpaired) electrons. The number of ketones is 1. The normalized spacial score (nSPS) is 12.8. The molecule has 0 saturated carbocycles. The molecule has 0 unspecified atom stereocenters. The number of methoxy groups -OCH3 is 1. The van der Waals surface area contributed by atoms with Crippen molar-refractivity contribution in [3.8, 4) is 5.75 Å². The van der Waals surface area contributed by atoms with Crippen LogP contribution in [0.15, 0.2) is 54.6 Å². The van der Waals surface area contributed by atoms with Crippen LogP contribution in [-0.2, 0) is 9.53 Å². The van der Waals surface area contributed by atoms with Gasteiger partial charge in [-0.1, -0.05) is 30.3 Å². The van der Waals surface area contributed by atoms with Gasteiger partial charge in [-0.2, -0.15) is 0 Å². The third kappa shape index (κ3) is 4.81. The molecule has 0 bridgehead atoms. The van der Waals surface area contributed by atoms with Crippen molar-refractivity contribution in [3.05, 3.63) is 60.2 Å². The second kappa shape index (κ2) is 8.84. The molecule has 0 aliphatic rings. The van der Waals surface area contributed by atoms with E-state index in [0.717, 1.165) is 0 Å². The molecule has 0 heterocycles. The van der Waals surface area contributed by atoms with Gasteiger partial charge in [0.1, 0.15) is 11.9 Å². The minimum atomic E-state index is -1.58. The number of hydrogen-bond acceptors (Lipinski definition) is 6. The van der Waals surface area contributed by atoms with E-state index >= 15 is 0 Å². The standard InChI is InChI=1S/C19H21NO5/c1-3-25-19(23)16(20-14-9-11-15(24-2)12-10-14)18(22)17(21)13-7-5-4-6-8-13/h4-12,16,18,20,22H,3H2,1-2H3/t16-,18-/m1/s1. The number of Topliss-reactive ketones (excluding diaryl/α,β-unsaturated/α-hetero) is 1. The molecule has 2 aromatic rings.